The number of carbonyl (C=O) groups excluding carboxylic acids is 1. The Morgan fingerprint density at radius 1 is 1.10 bits per heavy atom. The maximum atomic E-state index is 12.6. The van der Waals surface area contributed by atoms with Gasteiger partial charge in [-0.3, -0.25) is 4.79 Å². The molecular formula is C24H31ClN2O3. The Balaban J connectivity index is 1.73. The second-order valence-corrected chi connectivity index (χ2v) is 8.60. The third-order valence-corrected chi connectivity index (χ3v) is 5.79. The fourth-order valence-corrected chi connectivity index (χ4v) is 4.00. The average Bonchev–Trinajstić information content (AvgIpc) is 3.07. The van der Waals surface area contributed by atoms with E-state index in [0.29, 0.717) is 35.4 Å². The molecule has 0 saturated carbocycles. The van der Waals surface area contributed by atoms with Gasteiger partial charge in [0.05, 0.1) is 24.9 Å². The molecule has 1 saturated heterocycles. The number of carbonyl (C=O) groups is 1. The summed E-state index contributed by atoms with van der Waals surface area (Å²) >= 11 is 6.35. The van der Waals surface area contributed by atoms with E-state index < -0.39 is 0 Å². The Labute approximate surface area is 184 Å². The molecule has 162 valence electrons. The molecule has 1 atom stereocenters. The summed E-state index contributed by atoms with van der Waals surface area (Å²) in [4.78, 5) is 14.6. The number of halogens is 1. The molecule has 0 aliphatic carbocycles. The molecule has 0 bridgehead atoms. The van der Waals surface area contributed by atoms with Crippen molar-refractivity contribution in [2.45, 2.75) is 45.7 Å². The summed E-state index contributed by atoms with van der Waals surface area (Å²) < 4.78 is 10.8. The summed E-state index contributed by atoms with van der Waals surface area (Å²) in [6.45, 7) is 5.76. The predicted octanol–water partition coefficient (Wildman–Crippen LogP) is 5.16. The van der Waals surface area contributed by atoms with Crippen LogP contribution in [0.25, 0.3) is 0 Å². The quantitative estimate of drug-likeness (QED) is 0.597. The van der Waals surface area contributed by atoms with Crippen molar-refractivity contribution < 1.29 is 14.3 Å². The predicted molar refractivity (Wildman–Crippen MR) is 122 cm³/mol. The van der Waals surface area contributed by atoms with E-state index in [1.54, 1.807) is 14.2 Å². The molecule has 30 heavy (non-hydrogen) atoms. The number of nitrogens with one attached hydrogen (secondary N) is 1. The van der Waals surface area contributed by atoms with E-state index in [9.17, 15) is 4.79 Å². The fraction of sp³-hybridized carbons (Fsp3) is 0.458. The summed E-state index contributed by atoms with van der Waals surface area (Å²) in [5.74, 6) is 2.15. The van der Waals surface area contributed by atoms with Crippen LogP contribution in [0, 0.1) is 5.92 Å². The highest BCUT2D eigenvalue weighted by atomic mass is 35.5. The van der Waals surface area contributed by atoms with Gasteiger partial charge in [-0.05, 0) is 54.2 Å². The third-order valence-electron chi connectivity index (χ3n) is 5.46. The van der Waals surface area contributed by atoms with Crippen LogP contribution in [0.2, 0.25) is 5.02 Å². The Morgan fingerprint density at radius 2 is 1.83 bits per heavy atom. The highest BCUT2D eigenvalue weighted by Crippen LogP contribution is 2.31. The Morgan fingerprint density at radius 3 is 2.53 bits per heavy atom. The van der Waals surface area contributed by atoms with Crippen molar-refractivity contribution in [1.82, 2.24) is 4.90 Å². The molecule has 6 heteroatoms. The van der Waals surface area contributed by atoms with Gasteiger partial charge in [-0.2, -0.15) is 0 Å². The zero-order valence-corrected chi connectivity index (χ0v) is 19.0. The minimum absolute atomic E-state index is 0.165. The number of amides is 1. The largest absolute Gasteiger partial charge is 0.493 e. The van der Waals surface area contributed by atoms with Crippen LogP contribution < -0.4 is 14.8 Å². The maximum absolute atomic E-state index is 12.6. The van der Waals surface area contributed by atoms with Crippen LogP contribution >= 0.6 is 11.6 Å². The summed E-state index contributed by atoms with van der Waals surface area (Å²) in [5.41, 5.74) is 3.14. The number of hydrogen-bond donors (Lipinski definition) is 1. The lowest BCUT2D eigenvalue weighted by Crippen LogP contribution is -2.33. The van der Waals surface area contributed by atoms with Crippen LogP contribution in [0.3, 0.4) is 0 Å². The first-order valence-corrected chi connectivity index (χ1v) is 10.8. The summed E-state index contributed by atoms with van der Waals surface area (Å²) in [5, 5.41) is 4.11. The second kappa shape index (κ2) is 10.1. The molecule has 0 radical (unpaired) electrons. The van der Waals surface area contributed by atoms with Crippen LogP contribution in [-0.4, -0.2) is 37.6 Å². The van der Waals surface area contributed by atoms with E-state index in [-0.39, 0.29) is 11.9 Å². The van der Waals surface area contributed by atoms with Crippen molar-refractivity contribution in [1.29, 1.82) is 0 Å². The highest BCUT2D eigenvalue weighted by molar-refractivity contribution is 6.33. The third kappa shape index (κ3) is 5.39. The molecule has 2 aromatic rings. The summed E-state index contributed by atoms with van der Waals surface area (Å²) in [6, 6.07) is 12.1. The van der Waals surface area contributed by atoms with E-state index in [0.717, 1.165) is 36.2 Å². The molecule has 2 aromatic carbocycles. The zero-order valence-electron chi connectivity index (χ0n) is 18.2. The van der Waals surface area contributed by atoms with Gasteiger partial charge in [0, 0.05) is 25.6 Å². The van der Waals surface area contributed by atoms with Crippen molar-refractivity contribution >= 4 is 23.2 Å². The lowest BCUT2D eigenvalue weighted by molar-refractivity contribution is -0.129. The second-order valence-electron chi connectivity index (χ2n) is 8.20. The zero-order chi connectivity index (χ0) is 21.7. The molecule has 3 rings (SSSR count). The lowest BCUT2D eigenvalue weighted by atomic mass is 10.0. The minimum Gasteiger partial charge on any atom is -0.493 e. The van der Waals surface area contributed by atoms with Gasteiger partial charge in [0.25, 0.3) is 0 Å². The number of anilines is 1. The van der Waals surface area contributed by atoms with Crippen LogP contribution in [-0.2, 0) is 17.8 Å². The molecule has 5 nitrogen and oxygen atoms in total. The van der Waals surface area contributed by atoms with Gasteiger partial charge in [-0.1, -0.05) is 37.6 Å². The molecule has 1 N–H and O–H groups in total. The van der Waals surface area contributed by atoms with Gasteiger partial charge in [0.2, 0.25) is 5.91 Å². The minimum atomic E-state index is 0.165. The first-order valence-electron chi connectivity index (χ1n) is 10.4. The number of hydrogen-bond acceptors (Lipinski definition) is 4. The summed E-state index contributed by atoms with van der Waals surface area (Å²) in [7, 11) is 3.27. The van der Waals surface area contributed by atoms with E-state index in [2.05, 4.69) is 25.2 Å². The van der Waals surface area contributed by atoms with Crippen LogP contribution in [0.5, 0.6) is 11.5 Å². The van der Waals surface area contributed by atoms with Gasteiger partial charge in [0.15, 0.2) is 11.5 Å². The van der Waals surface area contributed by atoms with Crippen molar-refractivity contribution in [2.75, 3.05) is 26.1 Å². The van der Waals surface area contributed by atoms with Gasteiger partial charge in [-0.25, -0.2) is 0 Å². The van der Waals surface area contributed by atoms with Crippen molar-refractivity contribution in [2.24, 2.45) is 5.92 Å². The molecule has 1 aliphatic rings. The van der Waals surface area contributed by atoms with Crippen LogP contribution in [0.4, 0.5) is 5.69 Å². The normalized spacial score (nSPS) is 16.3. The van der Waals surface area contributed by atoms with Gasteiger partial charge >= 0.3 is 0 Å². The van der Waals surface area contributed by atoms with E-state index in [4.69, 9.17) is 21.1 Å². The Kier molecular flexibility index (Phi) is 7.48. The number of methoxy groups -OCH3 is 2. The highest BCUT2D eigenvalue weighted by Gasteiger charge is 2.31. The first-order chi connectivity index (χ1) is 14.4. The number of ether oxygens (including phenoxy) is 2. The number of rotatable bonds is 9. The van der Waals surface area contributed by atoms with Gasteiger partial charge in [-0.15, -0.1) is 0 Å². The summed E-state index contributed by atoms with van der Waals surface area (Å²) in [6.07, 6.45) is 2.24. The number of nitrogens with zero attached hydrogens (tertiary/aromatic N) is 1. The van der Waals surface area contributed by atoms with Crippen LogP contribution in [0.1, 0.15) is 37.8 Å². The fourth-order valence-electron chi connectivity index (χ4n) is 3.82. The van der Waals surface area contributed by atoms with Crippen LogP contribution in [0.15, 0.2) is 36.4 Å². The molecule has 0 aromatic heterocycles. The Bertz CT molecular complexity index is 885. The van der Waals surface area contributed by atoms with Crippen molar-refractivity contribution in [3.05, 3.63) is 52.5 Å². The van der Waals surface area contributed by atoms with Gasteiger partial charge in [0.1, 0.15) is 0 Å². The van der Waals surface area contributed by atoms with E-state index >= 15 is 0 Å². The van der Waals surface area contributed by atoms with Gasteiger partial charge < -0.3 is 19.7 Å². The topological polar surface area (TPSA) is 50.8 Å². The standard InChI is InChI=1S/C24H31ClN2O3/c1-16(2)14-26-21-12-18(5-8-20(21)25)15-27-19(7-10-24(27)28)11-17-6-9-22(29-3)23(13-17)30-4/h5-6,8-9,12-13,16,19,26H,7,10-11,14-15H2,1-4H3. The molecular weight excluding hydrogens is 400 g/mol. The monoisotopic (exact) mass is 430 g/mol. The molecule has 1 fully saturated rings. The number of benzene rings is 2. The lowest BCUT2D eigenvalue weighted by Gasteiger charge is -2.26. The molecule has 1 aliphatic heterocycles. The molecule has 1 amide bonds. The molecule has 0 spiro atoms. The molecule has 1 heterocycles. The van der Waals surface area contributed by atoms with E-state index in [1.807, 2.05) is 35.2 Å². The molecule has 1 unspecified atom stereocenters. The smallest absolute Gasteiger partial charge is 0.223 e. The Hall–Kier alpha value is -2.40. The average molecular weight is 431 g/mol. The van der Waals surface area contributed by atoms with Crippen molar-refractivity contribution in [3.63, 3.8) is 0 Å². The first kappa shape index (κ1) is 22.3. The van der Waals surface area contributed by atoms with Crippen molar-refractivity contribution in [3.8, 4) is 11.5 Å². The maximum Gasteiger partial charge on any atom is 0.223 e. The van der Waals surface area contributed by atoms with E-state index in [1.165, 1.54) is 0 Å². The number of likely N-dealkylation sites (tertiary alicyclic amines) is 1. The SMILES string of the molecule is COc1ccc(CC2CCC(=O)N2Cc2ccc(Cl)c(NCC(C)C)c2)cc1OC.